The third kappa shape index (κ3) is 2.98. The molecule has 2 rings (SSSR count). The smallest absolute Gasteiger partial charge is 0.306 e. The number of hydrogen-bond donors (Lipinski definition) is 2. The highest BCUT2D eigenvalue weighted by atomic mass is 19.1. The highest BCUT2D eigenvalue weighted by Crippen LogP contribution is 2.32. The minimum atomic E-state index is -0.849. The molecule has 1 aliphatic rings. The monoisotopic (exact) mass is 268 g/mol. The average Bonchev–Trinajstić information content (AvgIpc) is 2.80. The molecule has 102 valence electrons. The van der Waals surface area contributed by atoms with Crippen molar-refractivity contribution in [3.05, 3.63) is 34.1 Å². The zero-order chi connectivity index (χ0) is 14.0. The summed E-state index contributed by atoms with van der Waals surface area (Å²) < 4.78 is 13.0. The Morgan fingerprint density at radius 1 is 1.47 bits per heavy atom. The number of nitro benzene ring substituents is 1. The van der Waals surface area contributed by atoms with Gasteiger partial charge in [-0.1, -0.05) is 0 Å². The van der Waals surface area contributed by atoms with E-state index in [4.69, 9.17) is 5.11 Å². The van der Waals surface area contributed by atoms with Crippen LogP contribution in [0.4, 0.5) is 15.8 Å². The Labute approximate surface area is 108 Å². The van der Waals surface area contributed by atoms with Crippen molar-refractivity contribution in [1.82, 2.24) is 0 Å². The van der Waals surface area contributed by atoms with Crippen LogP contribution in [-0.2, 0) is 4.79 Å². The summed E-state index contributed by atoms with van der Waals surface area (Å²) in [6, 6.07) is 3.16. The number of nitro groups is 1. The lowest BCUT2D eigenvalue weighted by molar-refractivity contribution is -0.384. The van der Waals surface area contributed by atoms with Crippen LogP contribution < -0.4 is 5.32 Å². The van der Waals surface area contributed by atoms with Crippen molar-refractivity contribution in [2.24, 2.45) is 5.92 Å². The van der Waals surface area contributed by atoms with E-state index in [1.54, 1.807) is 0 Å². The summed E-state index contributed by atoms with van der Waals surface area (Å²) >= 11 is 0. The van der Waals surface area contributed by atoms with Crippen LogP contribution >= 0.6 is 0 Å². The molecule has 0 heterocycles. The molecule has 0 saturated heterocycles. The normalized spacial score (nSPS) is 22.2. The molecule has 6 nitrogen and oxygen atoms in total. The number of halogens is 1. The molecular weight excluding hydrogens is 255 g/mol. The van der Waals surface area contributed by atoms with E-state index in [0.29, 0.717) is 19.3 Å². The maximum atomic E-state index is 13.0. The number of nitrogens with zero attached hydrogens (tertiary/aromatic N) is 1. The first kappa shape index (κ1) is 13.3. The number of carboxylic acid groups (broad SMARTS) is 1. The molecule has 2 atom stereocenters. The fraction of sp³-hybridized carbons (Fsp3) is 0.417. The number of carbonyl (C=O) groups is 1. The lowest BCUT2D eigenvalue weighted by Gasteiger charge is -2.13. The van der Waals surface area contributed by atoms with Gasteiger partial charge in [0, 0.05) is 6.04 Å². The maximum Gasteiger partial charge on any atom is 0.306 e. The van der Waals surface area contributed by atoms with Gasteiger partial charge in [0.25, 0.3) is 5.69 Å². The van der Waals surface area contributed by atoms with E-state index in [1.807, 2.05) is 0 Å². The molecule has 7 heteroatoms. The third-order valence-electron chi connectivity index (χ3n) is 3.30. The molecule has 1 aromatic carbocycles. The van der Waals surface area contributed by atoms with Crippen molar-refractivity contribution < 1.29 is 19.2 Å². The van der Waals surface area contributed by atoms with Crippen LogP contribution in [0.25, 0.3) is 0 Å². The summed E-state index contributed by atoms with van der Waals surface area (Å²) in [4.78, 5) is 21.0. The Morgan fingerprint density at radius 2 is 2.21 bits per heavy atom. The van der Waals surface area contributed by atoms with Crippen molar-refractivity contribution >= 4 is 17.3 Å². The summed E-state index contributed by atoms with van der Waals surface area (Å²) in [6.07, 6.45) is 1.59. The zero-order valence-corrected chi connectivity index (χ0v) is 10.0. The van der Waals surface area contributed by atoms with Crippen LogP contribution in [0, 0.1) is 21.8 Å². The fourth-order valence-electron chi connectivity index (χ4n) is 2.33. The van der Waals surface area contributed by atoms with Crippen LogP contribution in [0.3, 0.4) is 0 Å². The first-order valence-corrected chi connectivity index (χ1v) is 5.90. The van der Waals surface area contributed by atoms with Gasteiger partial charge in [-0.25, -0.2) is 4.39 Å². The molecule has 0 amide bonds. The van der Waals surface area contributed by atoms with Crippen LogP contribution in [0.1, 0.15) is 19.3 Å². The maximum absolute atomic E-state index is 13.0. The van der Waals surface area contributed by atoms with Crippen LogP contribution in [0.15, 0.2) is 18.2 Å². The first-order chi connectivity index (χ1) is 8.97. The Morgan fingerprint density at radius 3 is 2.79 bits per heavy atom. The SMILES string of the molecule is O=C(O)[C@@H]1CC[C@H](Nc2ccc(F)cc2[N+](=O)[O-])C1. The molecule has 19 heavy (non-hydrogen) atoms. The highest BCUT2D eigenvalue weighted by molar-refractivity contribution is 5.71. The van der Waals surface area contributed by atoms with Crippen LogP contribution in [0.5, 0.6) is 0 Å². The molecule has 1 aliphatic carbocycles. The average molecular weight is 268 g/mol. The van der Waals surface area contributed by atoms with Gasteiger partial charge in [-0.05, 0) is 31.4 Å². The molecule has 0 radical (unpaired) electrons. The number of anilines is 1. The molecule has 0 bridgehead atoms. The van der Waals surface area contributed by atoms with Gasteiger partial charge in [-0.3, -0.25) is 14.9 Å². The van der Waals surface area contributed by atoms with E-state index in [0.717, 1.165) is 12.1 Å². The molecule has 0 spiro atoms. The number of aliphatic carboxylic acids is 1. The quantitative estimate of drug-likeness (QED) is 0.646. The molecule has 1 saturated carbocycles. The lowest BCUT2D eigenvalue weighted by atomic mass is 10.1. The van der Waals surface area contributed by atoms with E-state index in [-0.39, 0.29) is 17.4 Å². The fourth-order valence-corrected chi connectivity index (χ4v) is 2.33. The van der Waals surface area contributed by atoms with Crippen molar-refractivity contribution in [2.45, 2.75) is 25.3 Å². The van der Waals surface area contributed by atoms with E-state index in [1.165, 1.54) is 6.07 Å². The van der Waals surface area contributed by atoms with Crippen LogP contribution in [0.2, 0.25) is 0 Å². The third-order valence-corrected chi connectivity index (χ3v) is 3.30. The van der Waals surface area contributed by atoms with Crippen molar-refractivity contribution in [3.63, 3.8) is 0 Å². The van der Waals surface area contributed by atoms with Gasteiger partial charge in [0.15, 0.2) is 0 Å². The lowest BCUT2D eigenvalue weighted by Crippen LogP contribution is -2.18. The Kier molecular flexibility index (Phi) is 3.64. The van der Waals surface area contributed by atoms with Gasteiger partial charge in [0.1, 0.15) is 11.5 Å². The Bertz CT molecular complexity index is 520. The number of carboxylic acids is 1. The number of rotatable bonds is 4. The standard InChI is InChI=1S/C12H13FN2O4/c13-8-2-4-10(11(6-8)15(18)19)14-9-3-1-7(5-9)12(16)17/h2,4,6-7,9,14H,1,3,5H2,(H,16,17)/t7-,9+/m1/s1. The van der Waals surface area contributed by atoms with Gasteiger partial charge >= 0.3 is 5.97 Å². The minimum Gasteiger partial charge on any atom is -0.481 e. The molecule has 0 unspecified atom stereocenters. The molecule has 1 fully saturated rings. The molecular formula is C12H13FN2O4. The Hall–Kier alpha value is -2.18. The predicted octanol–water partition coefficient (Wildman–Crippen LogP) is 2.40. The van der Waals surface area contributed by atoms with Gasteiger partial charge in [-0.15, -0.1) is 0 Å². The predicted molar refractivity (Wildman–Crippen MR) is 65.4 cm³/mol. The molecule has 2 N–H and O–H groups in total. The number of hydrogen-bond acceptors (Lipinski definition) is 4. The summed E-state index contributed by atoms with van der Waals surface area (Å²) in [5.74, 6) is -1.94. The van der Waals surface area contributed by atoms with Gasteiger partial charge in [-0.2, -0.15) is 0 Å². The van der Waals surface area contributed by atoms with Crippen molar-refractivity contribution in [3.8, 4) is 0 Å². The molecule has 0 aromatic heterocycles. The minimum absolute atomic E-state index is 0.134. The topological polar surface area (TPSA) is 92.5 Å². The van der Waals surface area contributed by atoms with Crippen molar-refractivity contribution in [1.29, 1.82) is 0 Å². The van der Waals surface area contributed by atoms with E-state index in [2.05, 4.69) is 5.32 Å². The van der Waals surface area contributed by atoms with Gasteiger partial charge < -0.3 is 10.4 Å². The number of benzene rings is 1. The largest absolute Gasteiger partial charge is 0.481 e. The van der Waals surface area contributed by atoms with E-state index < -0.39 is 22.6 Å². The van der Waals surface area contributed by atoms with E-state index in [9.17, 15) is 19.3 Å². The summed E-state index contributed by atoms with van der Waals surface area (Å²) in [7, 11) is 0. The number of nitrogens with one attached hydrogen (secondary N) is 1. The zero-order valence-electron chi connectivity index (χ0n) is 10.0. The van der Waals surface area contributed by atoms with Gasteiger partial charge in [0.05, 0.1) is 16.9 Å². The second-order valence-corrected chi connectivity index (χ2v) is 4.61. The molecule has 1 aromatic rings. The van der Waals surface area contributed by atoms with E-state index >= 15 is 0 Å². The Balaban J connectivity index is 2.12. The summed E-state index contributed by atoms with van der Waals surface area (Å²) in [5.41, 5.74) is -0.110. The summed E-state index contributed by atoms with van der Waals surface area (Å²) in [6.45, 7) is 0. The first-order valence-electron chi connectivity index (χ1n) is 5.90. The molecule has 0 aliphatic heterocycles. The van der Waals surface area contributed by atoms with Crippen LogP contribution in [-0.4, -0.2) is 22.0 Å². The second-order valence-electron chi connectivity index (χ2n) is 4.61. The summed E-state index contributed by atoms with van der Waals surface area (Å²) in [5, 5.41) is 22.6. The van der Waals surface area contributed by atoms with Gasteiger partial charge in [0.2, 0.25) is 0 Å². The van der Waals surface area contributed by atoms with Crippen molar-refractivity contribution in [2.75, 3.05) is 5.32 Å². The highest BCUT2D eigenvalue weighted by Gasteiger charge is 2.30. The second kappa shape index (κ2) is 5.21.